The van der Waals surface area contributed by atoms with Gasteiger partial charge in [0.25, 0.3) is 0 Å². The number of nitrogens with two attached hydrogens (primary N) is 1. The first kappa shape index (κ1) is 12.1. The Kier molecular flexibility index (Phi) is 3.75. The van der Waals surface area contributed by atoms with Crippen LogP contribution < -0.4 is 16.2 Å². The van der Waals surface area contributed by atoms with Gasteiger partial charge < -0.3 is 15.1 Å². The summed E-state index contributed by atoms with van der Waals surface area (Å²) in [4.78, 5) is 10.7. The van der Waals surface area contributed by atoms with Crippen LogP contribution in [0.2, 0.25) is 0 Å². The van der Waals surface area contributed by atoms with E-state index in [4.69, 9.17) is 10.6 Å². The molecule has 0 spiro atoms. The summed E-state index contributed by atoms with van der Waals surface area (Å²) in [5.41, 5.74) is 3.69. The lowest BCUT2D eigenvalue weighted by atomic mass is 10.2. The molecule has 6 nitrogen and oxygen atoms in total. The minimum absolute atomic E-state index is 0.295. The topological polar surface area (TPSA) is 76.3 Å². The third-order valence-electron chi connectivity index (χ3n) is 3.19. The van der Waals surface area contributed by atoms with Crippen molar-refractivity contribution in [3.8, 4) is 0 Å². The fraction of sp³-hybridized carbons (Fsp3) is 0.636. The van der Waals surface area contributed by atoms with Crippen molar-refractivity contribution in [1.82, 2.24) is 9.97 Å². The van der Waals surface area contributed by atoms with Crippen LogP contribution in [-0.2, 0) is 11.2 Å². The number of nitrogen functional groups attached to an aromatic ring is 1. The predicted molar refractivity (Wildman–Crippen MR) is 66.8 cm³/mol. The fourth-order valence-electron chi connectivity index (χ4n) is 2.24. The molecule has 1 atom stereocenters. The van der Waals surface area contributed by atoms with E-state index in [0.717, 1.165) is 37.3 Å². The second-order valence-electron chi connectivity index (χ2n) is 4.11. The maximum Gasteiger partial charge on any atom is 0.148 e. The molecule has 1 fully saturated rings. The summed E-state index contributed by atoms with van der Waals surface area (Å²) < 4.78 is 5.37. The monoisotopic (exact) mass is 237 g/mol. The molecule has 2 rings (SSSR count). The zero-order chi connectivity index (χ0) is 12.3. The Morgan fingerprint density at radius 3 is 3.00 bits per heavy atom. The molecule has 3 N–H and O–H groups in total. The zero-order valence-electron chi connectivity index (χ0n) is 10.3. The van der Waals surface area contributed by atoms with E-state index in [-0.39, 0.29) is 0 Å². The zero-order valence-corrected chi connectivity index (χ0v) is 10.3. The number of nitrogens with one attached hydrogen (secondary N) is 1. The van der Waals surface area contributed by atoms with Crippen LogP contribution >= 0.6 is 0 Å². The number of ether oxygens (including phenoxy) is 1. The quantitative estimate of drug-likeness (QED) is 0.588. The first-order chi connectivity index (χ1) is 8.30. The van der Waals surface area contributed by atoms with Crippen LogP contribution in [0.3, 0.4) is 0 Å². The number of methoxy groups -OCH3 is 1. The van der Waals surface area contributed by atoms with Crippen molar-refractivity contribution in [2.75, 3.05) is 30.5 Å². The van der Waals surface area contributed by atoms with Gasteiger partial charge in [-0.2, -0.15) is 0 Å². The van der Waals surface area contributed by atoms with Crippen molar-refractivity contribution in [3.63, 3.8) is 0 Å². The molecule has 2 heterocycles. The summed E-state index contributed by atoms with van der Waals surface area (Å²) in [5.74, 6) is 7.14. The average Bonchev–Trinajstić information content (AvgIpc) is 2.86. The maximum absolute atomic E-state index is 5.46. The lowest BCUT2D eigenvalue weighted by Crippen LogP contribution is -2.25. The highest BCUT2D eigenvalue weighted by atomic mass is 16.5. The molecule has 17 heavy (non-hydrogen) atoms. The highest BCUT2D eigenvalue weighted by Crippen LogP contribution is 2.26. The SMILES string of the molecule is CCc1c(NN)ncnc1N1CCC(OC)C1. The lowest BCUT2D eigenvalue weighted by Gasteiger charge is -2.21. The minimum Gasteiger partial charge on any atom is -0.380 e. The normalized spacial score (nSPS) is 19.7. The molecule has 0 radical (unpaired) electrons. The summed E-state index contributed by atoms with van der Waals surface area (Å²) in [7, 11) is 1.75. The smallest absolute Gasteiger partial charge is 0.148 e. The molecule has 1 aromatic rings. The van der Waals surface area contributed by atoms with Crippen LogP contribution in [0, 0.1) is 0 Å². The van der Waals surface area contributed by atoms with E-state index >= 15 is 0 Å². The van der Waals surface area contributed by atoms with Crippen molar-refractivity contribution >= 4 is 11.6 Å². The molecule has 1 unspecified atom stereocenters. The molecule has 0 saturated carbocycles. The van der Waals surface area contributed by atoms with Gasteiger partial charge in [-0.3, -0.25) is 0 Å². The molecule has 1 aliphatic heterocycles. The first-order valence-electron chi connectivity index (χ1n) is 5.88. The number of hydrogen-bond acceptors (Lipinski definition) is 6. The lowest BCUT2D eigenvalue weighted by molar-refractivity contribution is 0.121. The van der Waals surface area contributed by atoms with E-state index in [1.807, 2.05) is 0 Å². The Balaban J connectivity index is 2.26. The molecule has 0 aromatic carbocycles. The van der Waals surface area contributed by atoms with Crippen molar-refractivity contribution in [2.24, 2.45) is 5.84 Å². The van der Waals surface area contributed by atoms with Crippen LogP contribution in [0.25, 0.3) is 0 Å². The maximum atomic E-state index is 5.46. The highest BCUT2D eigenvalue weighted by molar-refractivity contribution is 5.58. The summed E-state index contributed by atoms with van der Waals surface area (Å²) >= 11 is 0. The van der Waals surface area contributed by atoms with Gasteiger partial charge in [0.05, 0.1) is 6.10 Å². The number of aromatic nitrogens is 2. The standard InChI is InChI=1S/C11H19N5O/c1-3-9-10(15-12)13-7-14-11(9)16-5-4-8(6-16)17-2/h7-8H,3-6,12H2,1-2H3,(H,13,14,15). The summed E-state index contributed by atoms with van der Waals surface area (Å²) in [6, 6.07) is 0. The second-order valence-corrected chi connectivity index (χ2v) is 4.11. The Hall–Kier alpha value is -1.40. The number of hydrogen-bond donors (Lipinski definition) is 2. The van der Waals surface area contributed by atoms with E-state index < -0.39 is 0 Å². The third-order valence-corrected chi connectivity index (χ3v) is 3.19. The van der Waals surface area contributed by atoms with Gasteiger partial charge in [0.15, 0.2) is 0 Å². The van der Waals surface area contributed by atoms with Gasteiger partial charge in [-0.15, -0.1) is 0 Å². The average molecular weight is 237 g/mol. The molecular formula is C11H19N5O. The van der Waals surface area contributed by atoms with E-state index in [1.165, 1.54) is 0 Å². The van der Waals surface area contributed by atoms with Crippen molar-refractivity contribution in [2.45, 2.75) is 25.9 Å². The van der Waals surface area contributed by atoms with Gasteiger partial charge in [-0.05, 0) is 12.8 Å². The van der Waals surface area contributed by atoms with Crippen LogP contribution in [-0.4, -0.2) is 36.3 Å². The summed E-state index contributed by atoms with van der Waals surface area (Å²) in [6.07, 6.45) is 3.73. The second kappa shape index (κ2) is 5.29. The first-order valence-corrected chi connectivity index (χ1v) is 5.88. The van der Waals surface area contributed by atoms with E-state index in [9.17, 15) is 0 Å². The molecule has 94 valence electrons. The van der Waals surface area contributed by atoms with Gasteiger partial charge in [0.2, 0.25) is 0 Å². The van der Waals surface area contributed by atoms with Gasteiger partial charge in [0.1, 0.15) is 18.0 Å². The molecule has 1 aliphatic rings. The van der Waals surface area contributed by atoms with Gasteiger partial charge in [-0.25, -0.2) is 15.8 Å². The van der Waals surface area contributed by atoms with Crippen LogP contribution in [0.5, 0.6) is 0 Å². The van der Waals surface area contributed by atoms with E-state index in [1.54, 1.807) is 13.4 Å². The number of rotatable bonds is 4. The van der Waals surface area contributed by atoms with Crippen LogP contribution in [0.15, 0.2) is 6.33 Å². The van der Waals surface area contributed by atoms with E-state index in [2.05, 4.69) is 27.2 Å². The van der Waals surface area contributed by atoms with Crippen molar-refractivity contribution in [1.29, 1.82) is 0 Å². The van der Waals surface area contributed by atoms with Gasteiger partial charge in [0, 0.05) is 25.8 Å². The largest absolute Gasteiger partial charge is 0.380 e. The molecular weight excluding hydrogens is 218 g/mol. The highest BCUT2D eigenvalue weighted by Gasteiger charge is 2.25. The molecule has 0 amide bonds. The Labute approximate surface area is 101 Å². The Morgan fingerprint density at radius 1 is 1.59 bits per heavy atom. The van der Waals surface area contributed by atoms with Crippen LogP contribution in [0.4, 0.5) is 11.6 Å². The molecule has 6 heteroatoms. The molecule has 1 aromatic heterocycles. The third kappa shape index (κ3) is 2.32. The predicted octanol–water partition coefficient (Wildman–Crippen LogP) is 0.550. The number of hydrazine groups is 1. The Bertz CT molecular complexity index is 384. The molecule has 1 saturated heterocycles. The van der Waals surface area contributed by atoms with Crippen LogP contribution in [0.1, 0.15) is 18.9 Å². The van der Waals surface area contributed by atoms with Crippen molar-refractivity contribution < 1.29 is 4.74 Å². The molecule has 0 bridgehead atoms. The summed E-state index contributed by atoms with van der Waals surface area (Å²) in [6.45, 7) is 3.92. The minimum atomic E-state index is 0.295. The fourth-order valence-corrected chi connectivity index (χ4v) is 2.24. The van der Waals surface area contributed by atoms with Gasteiger partial charge in [-0.1, -0.05) is 6.92 Å². The summed E-state index contributed by atoms with van der Waals surface area (Å²) in [5, 5.41) is 0. The van der Waals surface area contributed by atoms with Gasteiger partial charge >= 0.3 is 0 Å². The Morgan fingerprint density at radius 2 is 2.41 bits per heavy atom. The molecule has 0 aliphatic carbocycles. The van der Waals surface area contributed by atoms with Crippen molar-refractivity contribution in [3.05, 3.63) is 11.9 Å². The van der Waals surface area contributed by atoms with E-state index in [0.29, 0.717) is 11.9 Å². The number of anilines is 2. The number of nitrogens with zero attached hydrogens (tertiary/aromatic N) is 3.